The van der Waals surface area contributed by atoms with E-state index in [1.165, 1.54) is 31.2 Å². The molecule has 0 aliphatic carbocycles. The van der Waals surface area contributed by atoms with Crippen molar-refractivity contribution in [3.63, 3.8) is 0 Å². The molecule has 2 rings (SSSR count). The summed E-state index contributed by atoms with van der Waals surface area (Å²) in [5.74, 6) is -2.99. The summed E-state index contributed by atoms with van der Waals surface area (Å²) < 4.78 is 5.97. The van der Waals surface area contributed by atoms with Crippen LogP contribution in [0.15, 0.2) is 45.3 Å². The zero-order valence-corrected chi connectivity index (χ0v) is 15.9. The van der Waals surface area contributed by atoms with Gasteiger partial charge in [-0.1, -0.05) is 31.9 Å². The Hall–Kier alpha value is -2.39. The fourth-order valence-electron chi connectivity index (χ4n) is 1.59. The fourth-order valence-corrected chi connectivity index (χ4v) is 2.31. The van der Waals surface area contributed by atoms with E-state index in [1.54, 1.807) is 12.1 Å². The normalized spacial score (nSPS) is 9.56. The van der Waals surface area contributed by atoms with Crippen LogP contribution in [0, 0.1) is 0 Å². The second-order valence-electron chi connectivity index (χ2n) is 4.51. The Balaban J connectivity index is 0.000000257. The van der Waals surface area contributed by atoms with Gasteiger partial charge in [-0.15, -0.1) is 0 Å². The number of halogens is 2. The molecule has 0 amide bonds. The maximum Gasteiger partial charge on any atom is 0.339 e. The van der Waals surface area contributed by atoms with E-state index in [0.717, 1.165) is 0 Å². The number of phenols is 1. The zero-order chi connectivity index (χ0) is 19.1. The number of ether oxygens (including phenoxy) is 1. The van der Waals surface area contributed by atoms with Crippen molar-refractivity contribution in [2.75, 3.05) is 0 Å². The molecule has 0 atom stereocenters. The van der Waals surface area contributed by atoms with Crippen LogP contribution in [0.25, 0.3) is 0 Å². The first-order valence-corrected chi connectivity index (χ1v) is 8.13. The molecule has 0 aromatic heterocycles. The van der Waals surface area contributed by atoms with Crippen LogP contribution in [-0.4, -0.2) is 33.2 Å². The molecule has 9 heteroatoms. The Morgan fingerprint density at radius 2 is 1.36 bits per heavy atom. The number of carboxylic acids is 2. The molecule has 132 valence electrons. The summed E-state index contributed by atoms with van der Waals surface area (Å²) in [5, 5.41) is 26.3. The molecule has 0 saturated heterocycles. The summed E-state index contributed by atoms with van der Waals surface area (Å²) in [6, 6.07) is 8.65. The van der Waals surface area contributed by atoms with Gasteiger partial charge in [0.25, 0.3) is 0 Å². The maximum atomic E-state index is 10.7. The van der Waals surface area contributed by atoms with Gasteiger partial charge in [0.2, 0.25) is 0 Å². The van der Waals surface area contributed by atoms with Crippen LogP contribution in [0.3, 0.4) is 0 Å². The number of hydrogen-bond donors (Lipinski definition) is 3. The van der Waals surface area contributed by atoms with Gasteiger partial charge in [-0.2, -0.15) is 0 Å². The molecule has 0 unspecified atom stereocenters. The second-order valence-corrected chi connectivity index (χ2v) is 6.34. The van der Waals surface area contributed by atoms with Crippen LogP contribution in [-0.2, 0) is 4.79 Å². The summed E-state index contributed by atoms with van der Waals surface area (Å²) in [7, 11) is 0. The third-order valence-electron chi connectivity index (χ3n) is 2.61. The van der Waals surface area contributed by atoms with Gasteiger partial charge < -0.3 is 20.1 Å². The lowest BCUT2D eigenvalue weighted by molar-refractivity contribution is -0.131. The SMILES string of the molecule is CC(=O)Oc1ccc(Br)cc1C(=O)O.O=C(O)c1cc(Br)ccc1O. The Kier molecular flexibility index (Phi) is 7.59. The minimum absolute atomic E-state index is 0.0467. The molecule has 7 nitrogen and oxygen atoms in total. The summed E-state index contributed by atoms with van der Waals surface area (Å²) >= 11 is 6.22. The predicted octanol–water partition coefficient (Wildman–Crippen LogP) is 3.93. The number of carboxylic acid groups (broad SMARTS) is 2. The highest BCUT2D eigenvalue weighted by molar-refractivity contribution is 9.10. The zero-order valence-electron chi connectivity index (χ0n) is 12.7. The van der Waals surface area contributed by atoms with Crippen LogP contribution >= 0.6 is 31.9 Å². The third-order valence-corrected chi connectivity index (χ3v) is 3.60. The number of esters is 1. The lowest BCUT2D eigenvalue weighted by atomic mass is 10.2. The number of carbonyl (C=O) groups excluding carboxylic acids is 1. The van der Waals surface area contributed by atoms with E-state index in [-0.39, 0.29) is 22.6 Å². The summed E-state index contributed by atoms with van der Waals surface area (Å²) in [6.07, 6.45) is 0. The average molecular weight is 476 g/mol. The van der Waals surface area contributed by atoms with Crippen molar-refractivity contribution in [2.45, 2.75) is 6.92 Å². The average Bonchev–Trinajstić information content (AvgIpc) is 2.51. The summed E-state index contributed by atoms with van der Waals surface area (Å²) in [5.41, 5.74) is -0.144. The molecule has 25 heavy (non-hydrogen) atoms. The third kappa shape index (κ3) is 6.55. The van der Waals surface area contributed by atoms with Gasteiger partial charge in [0.1, 0.15) is 22.6 Å². The Morgan fingerprint density at radius 1 is 0.880 bits per heavy atom. The molecule has 0 aliphatic rings. The molecule has 0 bridgehead atoms. The number of benzene rings is 2. The van der Waals surface area contributed by atoms with E-state index in [2.05, 4.69) is 31.9 Å². The second kappa shape index (κ2) is 9.19. The molecule has 0 spiro atoms. The molecule has 0 fully saturated rings. The van der Waals surface area contributed by atoms with E-state index in [4.69, 9.17) is 20.1 Å². The molecular formula is C16H12Br2O7. The van der Waals surface area contributed by atoms with Crippen molar-refractivity contribution in [2.24, 2.45) is 0 Å². The van der Waals surface area contributed by atoms with Gasteiger partial charge in [-0.05, 0) is 36.4 Å². The molecule has 2 aromatic rings. The van der Waals surface area contributed by atoms with Crippen LogP contribution in [0.4, 0.5) is 0 Å². The highest BCUT2D eigenvalue weighted by Crippen LogP contribution is 2.23. The van der Waals surface area contributed by atoms with E-state index in [0.29, 0.717) is 8.95 Å². The number of hydrogen-bond acceptors (Lipinski definition) is 5. The van der Waals surface area contributed by atoms with E-state index < -0.39 is 17.9 Å². The molecule has 3 N–H and O–H groups in total. The lowest BCUT2D eigenvalue weighted by Crippen LogP contribution is -2.07. The van der Waals surface area contributed by atoms with Crippen LogP contribution < -0.4 is 4.74 Å². The monoisotopic (exact) mass is 474 g/mol. The Morgan fingerprint density at radius 3 is 1.80 bits per heavy atom. The van der Waals surface area contributed by atoms with Gasteiger partial charge in [0.05, 0.1) is 0 Å². The van der Waals surface area contributed by atoms with Crippen LogP contribution in [0.2, 0.25) is 0 Å². The van der Waals surface area contributed by atoms with Crippen molar-refractivity contribution in [1.29, 1.82) is 0 Å². The summed E-state index contributed by atoms with van der Waals surface area (Å²) in [6.45, 7) is 1.22. The Labute approximate surface area is 159 Å². The highest BCUT2D eigenvalue weighted by Gasteiger charge is 2.13. The van der Waals surface area contributed by atoms with Crippen molar-refractivity contribution in [1.82, 2.24) is 0 Å². The predicted molar refractivity (Wildman–Crippen MR) is 95.2 cm³/mol. The fraction of sp³-hybridized carbons (Fsp3) is 0.0625. The Bertz CT molecular complexity index is 818. The minimum atomic E-state index is -1.14. The van der Waals surface area contributed by atoms with E-state index >= 15 is 0 Å². The van der Waals surface area contributed by atoms with Crippen molar-refractivity contribution in [3.8, 4) is 11.5 Å². The quantitative estimate of drug-likeness (QED) is 0.454. The van der Waals surface area contributed by atoms with Crippen LogP contribution in [0.5, 0.6) is 11.5 Å². The lowest BCUT2D eigenvalue weighted by Gasteiger charge is -2.05. The van der Waals surface area contributed by atoms with Crippen molar-refractivity contribution >= 4 is 49.8 Å². The van der Waals surface area contributed by atoms with Gasteiger partial charge >= 0.3 is 17.9 Å². The first-order chi connectivity index (χ1) is 11.6. The summed E-state index contributed by atoms with van der Waals surface area (Å²) in [4.78, 5) is 31.8. The molecule has 0 aliphatic heterocycles. The number of aromatic hydroxyl groups is 1. The first kappa shape index (κ1) is 20.7. The minimum Gasteiger partial charge on any atom is -0.507 e. The molecule has 0 saturated carbocycles. The number of carbonyl (C=O) groups is 3. The molecule has 0 radical (unpaired) electrons. The number of rotatable bonds is 3. The first-order valence-electron chi connectivity index (χ1n) is 6.55. The van der Waals surface area contributed by atoms with Gasteiger partial charge in [-0.3, -0.25) is 4.79 Å². The van der Waals surface area contributed by atoms with Crippen LogP contribution in [0.1, 0.15) is 27.6 Å². The molecule has 2 aromatic carbocycles. The smallest absolute Gasteiger partial charge is 0.339 e. The van der Waals surface area contributed by atoms with Gasteiger partial charge in [0.15, 0.2) is 0 Å². The van der Waals surface area contributed by atoms with E-state index in [1.807, 2.05) is 0 Å². The highest BCUT2D eigenvalue weighted by atomic mass is 79.9. The van der Waals surface area contributed by atoms with Gasteiger partial charge in [-0.25, -0.2) is 9.59 Å². The molecular weight excluding hydrogens is 464 g/mol. The molecule has 0 heterocycles. The maximum absolute atomic E-state index is 10.7. The van der Waals surface area contributed by atoms with Crippen molar-refractivity contribution < 1.29 is 34.4 Å². The number of aromatic carboxylic acids is 2. The van der Waals surface area contributed by atoms with E-state index in [9.17, 15) is 14.4 Å². The largest absolute Gasteiger partial charge is 0.507 e. The van der Waals surface area contributed by atoms with Crippen molar-refractivity contribution in [3.05, 3.63) is 56.5 Å². The van der Waals surface area contributed by atoms with Gasteiger partial charge in [0, 0.05) is 15.9 Å². The standard InChI is InChI=1S/C9H7BrO4.C7H5BrO3/c1-5(11)14-8-3-2-6(10)4-7(8)9(12)13;8-4-1-2-6(9)5(3-4)7(10)11/h2-4H,1H3,(H,12,13);1-3,9H,(H,10,11). The topological polar surface area (TPSA) is 121 Å².